The molecule has 0 aliphatic heterocycles. The summed E-state index contributed by atoms with van der Waals surface area (Å²) in [4.78, 5) is 21.9. The zero-order valence-electron chi connectivity index (χ0n) is 9.44. The van der Waals surface area contributed by atoms with Gasteiger partial charge in [-0.15, -0.1) is 0 Å². The van der Waals surface area contributed by atoms with Gasteiger partial charge in [-0.1, -0.05) is 5.92 Å². The normalized spacial score (nSPS) is 8.82. The fraction of sp³-hybridized carbons (Fsp3) is 0.167. The first-order valence-corrected chi connectivity index (χ1v) is 4.66. The Labute approximate surface area is 98.5 Å². The van der Waals surface area contributed by atoms with Crippen molar-refractivity contribution in [1.82, 2.24) is 0 Å². The molecule has 2 N–H and O–H groups in total. The molecule has 0 aromatic heterocycles. The lowest BCUT2D eigenvalue weighted by Gasteiger charge is -2.06. The van der Waals surface area contributed by atoms with Crippen molar-refractivity contribution in [2.75, 3.05) is 14.2 Å². The minimum atomic E-state index is -0.721. The van der Waals surface area contributed by atoms with Gasteiger partial charge in [0.25, 0.3) is 5.91 Å². The summed E-state index contributed by atoms with van der Waals surface area (Å²) in [6, 6.07) is 4.61. The van der Waals surface area contributed by atoms with Gasteiger partial charge >= 0.3 is 5.97 Å². The number of ether oxygens (including phenoxy) is 2. The molecule has 0 aliphatic carbocycles. The maximum absolute atomic E-state index is 11.4. The molecule has 0 atom stereocenters. The van der Waals surface area contributed by atoms with Crippen molar-refractivity contribution in [1.29, 1.82) is 0 Å². The van der Waals surface area contributed by atoms with Crippen LogP contribution >= 0.6 is 0 Å². The van der Waals surface area contributed by atoms with Crippen LogP contribution in [0.25, 0.3) is 0 Å². The molecule has 88 valence electrons. The van der Waals surface area contributed by atoms with E-state index < -0.39 is 11.9 Å². The molecule has 1 aromatic rings. The number of carbonyl (C=O) groups is 2. The number of benzene rings is 1. The van der Waals surface area contributed by atoms with E-state index in [1.165, 1.54) is 26.4 Å². The third-order valence-corrected chi connectivity index (χ3v) is 1.94. The zero-order chi connectivity index (χ0) is 12.8. The number of methoxy groups -OCH3 is 2. The van der Waals surface area contributed by atoms with Gasteiger partial charge in [-0.2, -0.15) is 0 Å². The molecule has 0 spiro atoms. The summed E-state index contributed by atoms with van der Waals surface area (Å²) >= 11 is 0. The van der Waals surface area contributed by atoms with E-state index in [1.807, 2.05) is 0 Å². The summed E-state index contributed by atoms with van der Waals surface area (Å²) in [6.07, 6.45) is 0. The topological polar surface area (TPSA) is 78.6 Å². The first kappa shape index (κ1) is 12.6. The quantitative estimate of drug-likeness (QED) is 0.589. The SMILES string of the molecule is COC(=O)c1ccc(C#CC(N)=O)cc1OC. The molecule has 1 rings (SSSR count). The van der Waals surface area contributed by atoms with Crippen LogP contribution in [0.2, 0.25) is 0 Å². The number of hydrogen-bond acceptors (Lipinski definition) is 4. The van der Waals surface area contributed by atoms with Gasteiger partial charge < -0.3 is 15.2 Å². The minimum absolute atomic E-state index is 0.291. The molecule has 1 amide bonds. The summed E-state index contributed by atoms with van der Waals surface area (Å²) in [5, 5.41) is 0. The van der Waals surface area contributed by atoms with Gasteiger partial charge in [-0.25, -0.2) is 4.79 Å². The van der Waals surface area contributed by atoms with E-state index in [1.54, 1.807) is 6.07 Å². The van der Waals surface area contributed by atoms with Crippen molar-refractivity contribution < 1.29 is 19.1 Å². The van der Waals surface area contributed by atoms with Crippen molar-refractivity contribution in [3.8, 4) is 17.6 Å². The molecule has 5 heteroatoms. The predicted molar refractivity (Wildman–Crippen MR) is 60.4 cm³/mol. The number of amides is 1. The van der Waals surface area contributed by atoms with E-state index in [0.29, 0.717) is 16.9 Å². The number of carbonyl (C=O) groups excluding carboxylic acids is 2. The van der Waals surface area contributed by atoms with Crippen LogP contribution in [-0.2, 0) is 9.53 Å². The molecule has 0 aliphatic rings. The summed E-state index contributed by atoms with van der Waals surface area (Å²) in [7, 11) is 2.70. The first-order valence-electron chi connectivity index (χ1n) is 4.66. The van der Waals surface area contributed by atoms with Crippen LogP contribution < -0.4 is 10.5 Å². The van der Waals surface area contributed by atoms with Gasteiger partial charge in [0.1, 0.15) is 11.3 Å². The Balaban J connectivity index is 3.14. The van der Waals surface area contributed by atoms with Crippen LogP contribution in [0.4, 0.5) is 0 Å². The Hall–Kier alpha value is -2.48. The molecule has 17 heavy (non-hydrogen) atoms. The Morgan fingerprint density at radius 1 is 1.29 bits per heavy atom. The Morgan fingerprint density at radius 3 is 2.53 bits per heavy atom. The van der Waals surface area contributed by atoms with Gasteiger partial charge in [0.15, 0.2) is 0 Å². The highest BCUT2D eigenvalue weighted by molar-refractivity contribution is 5.94. The van der Waals surface area contributed by atoms with E-state index in [-0.39, 0.29) is 0 Å². The predicted octanol–water partition coefficient (Wildman–Crippen LogP) is 0.319. The summed E-state index contributed by atoms with van der Waals surface area (Å²) in [6.45, 7) is 0. The standard InChI is InChI=1S/C12H11NO4/c1-16-10-7-8(4-6-11(13)14)3-5-9(10)12(15)17-2/h3,5,7H,1-2H3,(H2,13,14). The lowest BCUT2D eigenvalue weighted by molar-refractivity contribution is -0.112. The Morgan fingerprint density at radius 2 is 2.00 bits per heavy atom. The molecule has 0 saturated carbocycles. The molecule has 0 saturated heterocycles. The second-order valence-electron chi connectivity index (χ2n) is 3.02. The fourth-order valence-electron chi connectivity index (χ4n) is 1.18. The second-order valence-corrected chi connectivity index (χ2v) is 3.02. The molecular formula is C12H11NO4. The van der Waals surface area contributed by atoms with Crippen LogP contribution in [0.15, 0.2) is 18.2 Å². The van der Waals surface area contributed by atoms with Crippen molar-refractivity contribution >= 4 is 11.9 Å². The number of esters is 1. The van der Waals surface area contributed by atoms with E-state index in [2.05, 4.69) is 16.6 Å². The van der Waals surface area contributed by atoms with Gasteiger partial charge in [-0.3, -0.25) is 4.79 Å². The summed E-state index contributed by atoms with van der Waals surface area (Å²) in [5.74, 6) is 3.84. The zero-order valence-corrected chi connectivity index (χ0v) is 9.44. The van der Waals surface area contributed by atoms with Crippen molar-refractivity contribution in [2.24, 2.45) is 5.73 Å². The maximum atomic E-state index is 11.4. The Kier molecular flexibility index (Phi) is 4.12. The largest absolute Gasteiger partial charge is 0.496 e. The highest BCUT2D eigenvalue weighted by atomic mass is 16.5. The molecule has 1 aromatic carbocycles. The number of primary amides is 1. The molecule has 0 bridgehead atoms. The van der Waals surface area contributed by atoms with Crippen LogP contribution in [0.3, 0.4) is 0 Å². The molecule has 0 radical (unpaired) electrons. The second kappa shape index (κ2) is 5.56. The van der Waals surface area contributed by atoms with Crippen LogP contribution in [0.1, 0.15) is 15.9 Å². The molecule has 0 unspecified atom stereocenters. The molecule has 0 fully saturated rings. The van der Waals surface area contributed by atoms with Crippen LogP contribution in [0.5, 0.6) is 5.75 Å². The van der Waals surface area contributed by atoms with Crippen LogP contribution in [0, 0.1) is 11.8 Å². The smallest absolute Gasteiger partial charge is 0.341 e. The maximum Gasteiger partial charge on any atom is 0.341 e. The third-order valence-electron chi connectivity index (χ3n) is 1.94. The molecule has 0 heterocycles. The minimum Gasteiger partial charge on any atom is -0.496 e. The van der Waals surface area contributed by atoms with Crippen molar-refractivity contribution in [3.63, 3.8) is 0 Å². The van der Waals surface area contributed by atoms with E-state index in [9.17, 15) is 9.59 Å². The van der Waals surface area contributed by atoms with Crippen LogP contribution in [-0.4, -0.2) is 26.1 Å². The van der Waals surface area contributed by atoms with E-state index >= 15 is 0 Å². The first-order chi connectivity index (χ1) is 8.08. The van der Waals surface area contributed by atoms with Gasteiger partial charge in [-0.05, 0) is 24.1 Å². The number of rotatable bonds is 2. The number of hydrogen-bond donors (Lipinski definition) is 1. The van der Waals surface area contributed by atoms with E-state index in [0.717, 1.165) is 0 Å². The Bertz CT molecular complexity index is 511. The van der Waals surface area contributed by atoms with Crippen molar-refractivity contribution in [2.45, 2.75) is 0 Å². The van der Waals surface area contributed by atoms with Crippen molar-refractivity contribution in [3.05, 3.63) is 29.3 Å². The molecule has 5 nitrogen and oxygen atoms in total. The fourth-order valence-corrected chi connectivity index (χ4v) is 1.18. The third kappa shape index (κ3) is 3.24. The molecular weight excluding hydrogens is 222 g/mol. The van der Waals surface area contributed by atoms with E-state index in [4.69, 9.17) is 10.5 Å². The van der Waals surface area contributed by atoms with Gasteiger partial charge in [0.05, 0.1) is 14.2 Å². The summed E-state index contributed by atoms with van der Waals surface area (Å²) in [5.41, 5.74) is 5.71. The average Bonchev–Trinajstić information content (AvgIpc) is 2.34. The number of nitrogens with two attached hydrogens (primary N) is 1. The highest BCUT2D eigenvalue weighted by Crippen LogP contribution is 2.20. The summed E-state index contributed by atoms with van der Waals surface area (Å²) < 4.78 is 9.62. The van der Waals surface area contributed by atoms with Gasteiger partial charge in [0.2, 0.25) is 0 Å². The highest BCUT2D eigenvalue weighted by Gasteiger charge is 2.12. The lowest BCUT2D eigenvalue weighted by atomic mass is 10.1. The van der Waals surface area contributed by atoms with Gasteiger partial charge in [0, 0.05) is 5.56 Å². The lowest BCUT2D eigenvalue weighted by Crippen LogP contribution is -2.06. The average molecular weight is 233 g/mol. The monoisotopic (exact) mass is 233 g/mol.